The van der Waals surface area contributed by atoms with Gasteiger partial charge in [0.15, 0.2) is 0 Å². The molecular weight excluding hydrogens is 466 g/mol. The molecule has 0 bridgehead atoms. The normalized spacial score (nSPS) is 18.9. The number of carbonyl (C=O) groups excluding carboxylic acids is 1. The van der Waals surface area contributed by atoms with E-state index in [0.29, 0.717) is 37.4 Å². The molecule has 1 saturated heterocycles. The van der Waals surface area contributed by atoms with E-state index in [0.717, 1.165) is 22.8 Å². The fourth-order valence-corrected chi connectivity index (χ4v) is 4.16. The van der Waals surface area contributed by atoms with Gasteiger partial charge in [-0.05, 0) is 45.0 Å². The van der Waals surface area contributed by atoms with Gasteiger partial charge in [0.2, 0.25) is 0 Å². The van der Waals surface area contributed by atoms with E-state index >= 15 is 0 Å². The average molecular weight is 499 g/mol. The number of pyridine rings is 1. The summed E-state index contributed by atoms with van der Waals surface area (Å²) >= 11 is 0. The number of carbonyl (C=O) groups is 1. The van der Waals surface area contributed by atoms with E-state index in [1.807, 2.05) is 45.0 Å². The lowest BCUT2D eigenvalue weighted by molar-refractivity contribution is 0.0240. The molecule has 4 rings (SSSR count). The first-order valence-corrected chi connectivity index (χ1v) is 12.1. The molecular formula is C26H32F2N6O2. The van der Waals surface area contributed by atoms with Gasteiger partial charge in [-0.25, -0.2) is 18.6 Å². The molecule has 1 aliphatic heterocycles. The Morgan fingerprint density at radius 1 is 1.19 bits per heavy atom. The first-order valence-electron chi connectivity index (χ1n) is 12.1. The molecule has 2 N–H and O–H groups in total. The third kappa shape index (κ3) is 5.78. The van der Waals surface area contributed by atoms with Crippen molar-refractivity contribution in [1.29, 1.82) is 5.26 Å². The zero-order valence-corrected chi connectivity index (χ0v) is 21.1. The van der Waals surface area contributed by atoms with E-state index in [2.05, 4.69) is 21.6 Å². The summed E-state index contributed by atoms with van der Waals surface area (Å²) in [6, 6.07) is 11.3. The lowest BCUT2D eigenvalue weighted by Crippen LogP contribution is -2.50. The number of hydrogen-bond acceptors (Lipinski definition) is 7. The highest BCUT2D eigenvalue weighted by Crippen LogP contribution is 2.48. The Kier molecular flexibility index (Phi) is 6.94. The lowest BCUT2D eigenvalue weighted by atomic mass is 10.0. The number of nitrogens with one attached hydrogen (secondary N) is 2. The van der Waals surface area contributed by atoms with Crippen molar-refractivity contribution in [2.45, 2.75) is 38.7 Å². The Labute approximate surface area is 210 Å². The molecule has 2 aromatic rings. The number of benzene rings is 1. The summed E-state index contributed by atoms with van der Waals surface area (Å²) in [5.41, 5.74) is 2.63. The maximum atomic E-state index is 13.2. The van der Waals surface area contributed by atoms with Crippen LogP contribution in [0, 0.1) is 17.2 Å². The molecule has 8 nitrogen and oxygen atoms in total. The second kappa shape index (κ2) is 9.80. The summed E-state index contributed by atoms with van der Waals surface area (Å²) < 4.78 is 32.0. The van der Waals surface area contributed by atoms with Gasteiger partial charge in [0.1, 0.15) is 17.5 Å². The molecule has 36 heavy (non-hydrogen) atoms. The molecule has 1 unspecified atom stereocenters. The number of halogens is 2. The highest BCUT2D eigenvalue weighted by atomic mass is 19.3. The minimum Gasteiger partial charge on any atom is -0.444 e. The Morgan fingerprint density at radius 2 is 1.89 bits per heavy atom. The van der Waals surface area contributed by atoms with E-state index in [1.54, 1.807) is 18.0 Å². The van der Waals surface area contributed by atoms with Gasteiger partial charge in [-0.1, -0.05) is 6.07 Å². The highest BCUT2D eigenvalue weighted by molar-refractivity contribution is 5.79. The van der Waals surface area contributed by atoms with Crippen LogP contribution in [0.15, 0.2) is 30.3 Å². The summed E-state index contributed by atoms with van der Waals surface area (Å²) in [5.74, 6) is -2.49. The number of nitrogens with zero attached hydrogens (tertiary/aromatic N) is 4. The molecule has 1 aliphatic carbocycles. The van der Waals surface area contributed by atoms with E-state index in [9.17, 15) is 18.8 Å². The third-order valence-corrected chi connectivity index (χ3v) is 6.31. The molecule has 192 valence electrons. The second-order valence-electron chi connectivity index (χ2n) is 10.2. The average Bonchev–Trinajstić information content (AvgIpc) is 3.47. The van der Waals surface area contributed by atoms with Crippen LogP contribution in [-0.2, 0) is 4.74 Å². The van der Waals surface area contributed by atoms with Crippen LogP contribution in [0.3, 0.4) is 0 Å². The van der Waals surface area contributed by atoms with Crippen molar-refractivity contribution in [2.75, 3.05) is 55.3 Å². The molecule has 0 spiro atoms. The fraction of sp³-hybridized carbons (Fsp3) is 0.500. The zero-order valence-electron chi connectivity index (χ0n) is 21.1. The minimum atomic E-state index is -2.57. The molecule has 2 aliphatic rings. The maximum Gasteiger partial charge on any atom is 0.410 e. The first-order chi connectivity index (χ1) is 17.0. The number of ether oxygens (including phenoxy) is 1. The minimum absolute atomic E-state index is 0.0821. The summed E-state index contributed by atoms with van der Waals surface area (Å²) in [4.78, 5) is 20.9. The number of alkyl halides is 2. The van der Waals surface area contributed by atoms with Gasteiger partial charge >= 0.3 is 6.09 Å². The van der Waals surface area contributed by atoms with Crippen LogP contribution in [0.1, 0.15) is 32.8 Å². The summed E-state index contributed by atoms with van der Waals surface area (Å²) in [5, 5.41) is 15.9. The Balaban J connectivity index is 1.49. The van der Waals surface area contributed by atoms with Crippen LogP contribution >= 0.6 is 0 Å². The van der Waals surface area contributed by atoms with Crippen LogP contribution < -0.4 is 15.5 Å². The van der Waals surface area contributed by atoms with Crippen LogP contribution in [0.5, 0.6) is 0 Å². The predicted octanol–water partition coefficient (Wildman–Crippen LogP) is 4.79. The van der Waals surface area contributed by atoms with Crippen molar-refractivity contribution in [1.82, 2.24) is 9.88 Å². The molecule has 1 amide bonds. The number of hydrogen-bond donors (Lipinski definition) is 2. The number of anilines is 3. The molecule has 1 saturated carbocycles. The molecule has 2 fully saturated rings. The van der Waals surface area contributed by atoms with Crippen molar-refractivity contribution < 1.29 is 18.3 Å². The zero-order chi connectivity index (χ0) is 26.1. The molecule has 10 heteroatoms. The third-order valence-electron chi connectivity index (χ3n) is 6.31. The van der Waals surface area contributed by atoms with Gasteiger partial charge in [0.05, 0.1) is 22.6 Å². The molecule has 1 aromatic carbocycles. The largest absolute Gasteiger partial charge is 0.444 e. The molecule has 0 radical (unpaired) electrons. The van der Waals surface area contributed by atoms with E-state index in [-0.39, 0.29) is 19.1 Å². The van der Waals surface area contributed by atoms with E-state index in [4.69, 9.17) is 9.72 Å². The van der Waals surface area contributed by atoms with E-state index in [1.165, 1.54) is 0 Å². The quantitative estimate of drug-likeness (QED) is 0.592. The van der Waals surface area contributed by atoms with Crippen molar-refractivity contribution >= 4 is 23.3 Å². The number of amides is 1. The smallest absolute Gasteiger partial charge is 0.410 e. The SMILES string of the molecule is CNc1cc(-c2nc(N3CCN(C(=O)OC(C)(C)C)CC3)ccc2C#N)ccc1NCC1CC1(F)F. The summed E-state index contributed by atoms with van der Waals surface area (Å²) in [6.45, 7) is 7.94. The summed E-state index contributed by atoms with van der Waals surface area (Å²) in [7, 11) is 1.76. The van der Waals surface area contributed by atoms with Crippen molar-refractivity contribution in [3.05, 3.63) is 35.9 Å². The fourth-order valence-electron chi connectivity index (χ4n) is 4.16. The van der Waals surface area contributed by atoms with Gasteiger partial charge in [0.25, 0.3) is 5.92 Å². The van der Waals surface area contributed by atoms with Gasteiger partial charge in [-0.3, -0.25) is 0 Å². The van der Waals surface area contributed by atoms with Gasteiger partial charge in [0, 0.05) is 57.7 Å². The second-order valence-corrected chi connectivity index (χ2v) is 10.2. The molecule has 1 aromatic heterocycles. The van der Waals surface area contributed by atoms with Crippen molar-refractivity contribution in [3.63, 3.8) is 0 Å². The van der Waals surface area contributed by atoms with E-state index < -0.39 is 17.4 Å². The predicted molar refractivity (Wildman–Crippen MR) is 135 cm³/mol. The summed E-state index contributed by atoms with van der Waals surface area (Å²) in [6.07, 6.45) is -0.407. The van der Waals surface area contributed by atoms with Crippen molar-refractivity contribution in [2.24, 2.45) is 5.92 Å². The van der Waals surface area contributed by atoms with Crippen LogP contribution in [0.25, 0.3) is 11.3 Å². The Morgan fingerprint density at radius 3 is 2.47 bits per heavy atom. The first kappa shape index (κ1) is 25.5. The van der Waals surface area contributed by atoms with Gasteiger partial charge in [-0.15, -0.1) is 0 Å². The Hall–Kier alpha value is -3.61. The lowest BCUT2D eigenvalue weighted by Gasteiger charge is -2.36. The van der Waals surface area contributed by atoms with Crippen LogP contribution in [-0.4, -0.2) is 67.3 Å². The number of aromatic nitrogens is 1. The monoisotopic (exact) mass is 498 g/mol. The maximum absolute atomic E-state index is 13.2. The number of rotatable bonds is 6. The Bertz CT molecular complexity index is 1170. The van der Waals surface area contributed by atoms with Gasteiger partial charge in [-0.2, -0.15) is 5.26 Å². The van der Waals surface area contributed by atoms with Crippen LogP contribution in [0.2, 0.25) is 0 Å². The molecule has 2 heterocycles. The standard InChI is InChI=1S/C26H32F2N6O2/c1-25(2,3)36-24(35)34-11-9-33(10-12-34)22-8-6-18(15-29)23(32-22)17-5-7-20(21(13-17)30-4)31-16-19-14-26(19,27)28/h5-8,13,19,30-31H,9-12,14,16H2,1-4H3. The number of piperazine rings is 1. The van der Waals surface area contributed by atoms with Crippen LogP contribution in [0.4, 0.5) is 30.8 Å². The van der Waals surface area contributed by atoms with Gasteiger partial charge < -0.3 is 25.2 Å². The molecule has 1 atom stereocenters. The van der Waals surface area contributed by atoms with Crippen molar-refractivity contribution in [3.8, 4) is 17.3 Å². The highest BCUT2D eigenvalue weighted by Gasteiger charge is 2.56. The topological polar surface area (TPSA) is 93.5 Å². The number of nitriles is 1.